The van der Waals surface area contributed by atoms with Gasteiger partial charge in [-0.25, -0.2) is 0 Å². The van der Waals surface area contributed by atoms with Crippen LogP contribution >= 0.6 is 0 Å². The second kappa shape index (κ2) is 6.90. The van der Waals surface area contributed by atoms with Gasteiger partial charge in [-0.2, -0.15) is 5.26 Å². The molecule has 0 bridgehead atoms. The lowest BCUT2D eigenvalue weighted by Gasteiger charge is -2.07. The third-order valence-corrected chi connectivity index (χ3v) is 2.80. The van der Waals surface area contributed by atoms with Crippen LogP contribution in [0.3, 0.4) is 0 Å². The Balaban J connectivity index is 1.94. The number of amides is 1. The number of nitrogens with one attached hydrogen (secondary N) is 2. The van der Waals surface area contributed by atoms with E-state index in [9.17, 15) is 14.9 Å². The van der Waals surface area contributed by atoms with Gasteiger partial charge in [0.25, 0.3) is 5.69 Å². The molecular formula is C14H12N4O4. The van der Waals surface area contributed by atoms with Crippen LogP contribution in [-0.4, -0.2) is 17.4 Å². The molecule has 112 valence electrons. The number of furan rings is 1. The number of hydrogen-bond acceptors (Lipinski definition) is 6. The largest absolute Gasteiger partial charge is 0.467 e. The van der Waals surface area contributed by atoms with Crippen molar-refractivity contribution in [2.45, 2.75) is 6.54 Å². The second-order valence-electron chi connectivity index (χ2n) is 4.31. The van der Waals surface area contributed by atoms with Crippen LogP contribution in [0.1, 0.15) is 11.3 Å². The minimum atomic E-state index is -0.607. The smallest absolute Gasteiger partial charge is 0.293 e. The molecule has 1 aromatic carbocycles. The summed E-state index contributed by atoms with van der Waals surface area (Å²) in [7, 11) is 0. The molecule has 1 heterocycles. The van der Waals surface area contributed by atoms with Gasteiger partial charge in [-0.15, -0.1) is 0 Å². The number of anilines is 1. The molecule has 22 heavy (non-hydrogen) atoms. The fraction of sp³-hybridized carbons (Fsp3) is 0.143. The minimum Gasteiger partial charge on any atom is -0.467 e. The summed E-state index contributed by atoms with van der Waals surface area (Å²) in [4.78, 5) is 22.0. The molecule has 0 radical (unpaired) electrons. The second-order valence-corrected chi connectivity index (χ2v) is 4.31. The van der Waals surface area contributed by atoms with E-state index in [4.69, 9.17) is 9.68 Å². The molecule has 2 rings (SSSR count). The Morgan fingerprint density at radius 1 is 1.41 bits per heavy atom. The van der Waals surface area contributed by atoms with Crippen LogP contribution in [0, 0.1) is 21.4 Å². The summed E-state index contributed by atoms with van der Waals surface area (Å²) in [6.45, 7) is 0.108. The highest BCUT2D eigenvalue weighted by atomic mass is 16.6. The third-order valence-electron chi connectivity index (χ3n) is 2.80. The number of hydrogen-bond donors (Lipinski definition) is 2. The highest BCUT2D eigenvalue weighted by molar-refractivity contribution is 5.81. The number of nitriles is 1. The molecule has 0 aliphatic rings. The topological polar surface area (TPSA) is 121 Å². The first-order valence-corrected chi connectivity index (χ1v) is 6.31. The minimum absolute atomic E-state index is 0.131. The van der Waals surface area contributed by atoms with Gasteiger partial charge in [0, 0.05) is 6.07 Å². The van der Waals surface area contributed by atoms with Crippen LogP contribution < -0.4 is 10.6 Å². The Kier molecular flexibility index (Phi) is 4.72. The van der Waals surface area contributed by atoms with Crippen LogP contribution in [0.25, 0.3) is 0 Å². The molecule has 0 aliphatic heterocycles. The maximum absolute atomic E-state index is 11.7. The van der Waals surface area contributed by atoms with Gasteiger partial charge in [-0.1, -0.05) is 0 Å². The van der Waals surface area contributed by atoms with Gasteiger partial charge in [-0.05, 0) is 24.3 Å². The summed E-state index contributed by atoms with van der Waals surface area (Å²) in [5.41, 5.74) is 0.106. The van der Waals surface area contributed by atoms with E-state index in [-0.39, 0.29) is 35.9 Å². The molecule has 0 atom stereocenters. The lowest BCUT2D eigenvalue weighted by Crippen LogP contribution is -2.29. The van der Waals surface area contributed by atoms with Crippen LogP contribution in [0.15, 0.2) is 41.0 Å². The number of rotatable bonds is 6. The van der Waals surface area contributed by atoms with Gasteiger partial charge in [0.1, 0.15) is 11.4 Å². The zero-order chi connectivity index (χ0) is 15.9. The van der Waals surface area contributed by atoms with Crippen molar-refractivity contribution in [1.29, 1.82) is 5.26 Å². The SMILES string of the molecule is N#Cc1ccc(NCC(=O)NCc2ccco2)c([N+](=O)[O-])c1. The number of nitrogens with zero attached hydrogens (tertiary/aromatic N) is 2. The van der Waals surface area contributed by atoms with Crippen molar-refractivity contribution in [3.05, 3.63) is 58.0 Å². The number of carbonyl (C=O) groups excluding carboxylic acids is 1. The van der Waals surface area contributed by atoms with Gasteiger partial charge >= 0.3 is 0 Å². The molecule has 1 aromatic heterocycles. The summed E-state index contributed by atoms with van der Waals surface area (Å²) in [5.74, 6) is 0.271. The normalized spacial score (nSPS) is 9.77. The van der Waals surface area contributed by atoms with Crippen LogP contribution in [0.2, 0.25) is 0 Å². The summed E-state index contributed by atoms with van der Waals surface area (Å²) >= 11 is 0. The summed E-state index contributed by atoms with van der Waals surface area (Å²) in [5, 5.41) is 25.0. The van der Waals surface area contributed by atoms with E-state index in [0.717, 1.165) is 6.07 Å². The van der Waals surface area contributed by atoms with Crippen molar-refractivity contribution >= 4 is 17.3 Å². The Morgan fingerprint density at radius 2 is 2.23 bits per heavy atom. The van der Waals surface area contributed by atoms with E-state index < -0.39 is 4.92 Å². The molecule has 2 N–H and O–H groups in total. The number of carbonyl (C=O) groups is 1. The predicted octanol–water partition coefficient (Wildman–Crippen LogP) is 1.79. The summed E-state index contributed by atoms with van der Waals surface area (Å²) < 4.78 is 5.07. The molecule has 0 saturated heterocycles. The summed E-state index contributed by atoms with van der Waals surface area (Å²) in [6, 6.07) is 9.25. The van der Waals surface area contributed by atoms with E-state index >= 15 is 0 Å². The fourth-order valence-corrected chi connectivity index (χ4v) is 1.74. The third kappa shape index (κ3) is 3.83. The van der Waals surface area contributed by atoms with Gasteiger partial charge < -0.3 is 15.1 Å². The van der Waals surface area contributed by atoms with E-state index in [1.165, 1.54) is 18.4 Å². The first-order chi connectivity index (χ1) is 10.6. The Bertz CT molecular complexity index is 719. The van der Waals surface area contributed by atoms with Crippen LogP contribution in [-0.2, 0) is 11.3 Å². The quantitative estimate of drug-likeness (QED) is 0.619. The van der Waals surface area contributed by atoms with E-state index in [2.05, 4.69) is 10.6 Å². The Hall–Kier alpha value is -3.34. The van der Waals surface area contributed by atoms with E-state index in [1.807, 2.05) is 6.07 Å². The van der Waals surface area contributed by atoms with Crippen LogP contribution in [0.4, 0.5) is 11.4 Å². The van der Waals surface area contributed by atoms with Gasteiger partial charge in [0.2, 0.25) is 5.91 Å². The maximum atomic E-state index is 11.7. The van der Waals surface area contributed by atoms with Gasteiger partial charge in [0.15, 0.2) is 0 Å². The highest BCUT2D eigenvalue weighted by Gasteiger charge is 2.15. The zero-order valence-electron chi connectivity index (χ0n) is 11.4. The first kappa shape index (κ1) is 15.1. The molecule has 0 saturated carbocycles. The van der Waals surface area contributed by atoms with Gasteiger partial charge in [0.05, 0.1) is 35.9 Å². The number of nitro benzene ring substituents is 1. The predicted molar refractivity (Wildman–Crippen MR) is 76.9 cm³/mol. The monoisotopic (exact) mass is 300 g/mol. The van der Waals surface area contributed by atoms with Crippen molar-refractivity contribution in [2.24, 2.45) is 0 Å². The first-order valence-electron chi connectivity index (χ1n) is 6.31. The Labute approximate surface area is 125 Å². The molecule has 8 nitrogen and oxygen atoms in total. The maximum Gasteiger partial charge on any atom is 0.293 e. The highest BCUT2D eigenvalue weighted by Crippen LogP contribution is 2.24. The average molecular weight is 300 g/mol. The molecule has 0 fully saturated rings. The summed E-state index contributed by atoms with van der Waals surface area (Å²) in [6.07, 6.45) is 1.50. The lowest BCUT2D eigenvalue weighted by atomic mass is 10.2. The van der Waals surface area contributed by atoms with Gasteiger partial charge in [-0.3, -0.25) is 14.9 Å². The van der Waals surface area contributed by atoms with Crippen LogP contribution in [0.5, 0.6) is 0 Å². The van der Waals surface area contributed by atoms with Crippen molar-refractivity contribution in [1.82, 2.24) is 5.32 Å². The lowest BCUT2D eigenvalue weighted by molar-refractivity contribution is -0.384. The molecule has 1 amide bonds. The molecular weight excluding hydrogens is 288 g/mol. The molecule has 0 aliphatic carbocycles. The average Bonchev–Trinajstić information content (AvgIpc) is 3.04. The molecule has 0 spiro atoms. The number of benzene rings is 1. The molecule has 2 aromatic rings. The number of nitro groups is 1. The molecule has 8 heteroatoms. The van der Waals surface area contributed by atoms with Crippen molar-refractivity contribution in [2.75, 3.05) is 11.9 Å². The molecule has 0 unspecified atom stereocenters. The van der Waals surface area contributed by atoms with Crippen molar-refractivity contribution in [3.63, 3.8) is 0 Å². The standard InChI is InChI=1S/C14H12N4O4/c15-7-10-3-4-12(13(6-10)18(20)21)16-9-14(19)17-8-11-2-1-5-22-11/h1-6,16H,8-9H2,(H,17,19). The van der Waals surface area contributed by atoms with E-state index in [0.29, 0.717) is 5.76 Å². The van der Waals surface area contributed by atoms with Crippen molar-refractivity contribution in [3.8, 4) is 6.07 Å². The fourth-order valence-electron chi connectivity index (χ4n) is 1.74. The van der Waals surface area contributed by atoms with Crippen molar-refractivity contribution < 1.29 is 14.1 Å². The Morgan fingerprint density at radius 3 is 2.86 bits per heavy atom. The van der Waals surface area contributed by atoms with E-state index in [1.54, 1.807) is 12.1 Å². The zero-order valence-corrected chi connectivity index (χ0v) is 11.4.